The van der Waals surface area contributed by atoms with Crippen molar-refractivity contribution in [2.45, 2.75) is 38.8 Å². The lowest BCUT2D eigenvalue weighted by Crippen LogP contribution is -2.40. The number of rotatable bonds is 4. The number of fused-ring (bicyclic) bond motifs is 1. The molecule has 3 heteroatoms. The molecule has 0 amide bonds. The van der Waals surface area contributed by atoms with Crippen LogP contribution in [0.15, 0.2) is 18.2 Å². The van der Waals surface area contributed by atoms with Crippen molar-refractivity contribution in [1.29, 1.82) is 0 Å². The lowest BCUT2D eigenvalue weighted by molar-refractivity contribution is 0.173. The lowest BCUT2D eigenvalue weighted by Gasteiger charge is -2.26. The minimum absolute atomic E-state index is 0.224. The molecule has 2 aliphatic rings. The molecule has 1 saturated carbocycles. The fourth-order valence-corrected chi connectivity index (χ4v) is 2.40. The van der Waals surface area contributed by atoms with E-state index < -0.39 is 0 Å². The summed E-state index contributed by atoms with van der Waals surface area (Å²) in [5, 5.41) is 3.63. The molecule has 0 saturated heterocycles. The fourth-order valence-electron chi connectivity index (χ4n) is 2.40. The normalized spacial score (nSPS) is 18.5. The van der Waals surface area contributed by atoms with Crippen molar-refractivity contribution in [3.05, 3.63) is 23.8 Å². The Balaban J connectivity index is 1.71. The van der Waals surface area contributed by atoms with Crippen molar-refractivity contribution in [2.24, 2.45) is 5.92 Å². The number of hydrogen-bond acceptors (Lipinski definition) is 3. The standard InChI is InChI=1S/C14H19NO2/c1-14(2,11-6-7-11)15-8-10-4-3-5-12-13(10)17-9-16-12/h3-5,11,15H,6-9H2,1-2H3. The van der Waals surface area contributed by atoms with Crippen molar-refractivity contribution in [2.75, 3.05) is 6.79 Å². The third kappa shape index (κ3) is 2.12. The van der Waals surface area contributed by atoms with E-state index in [0.29, 0.717) is 6.79 Å². The first kappa shape index (κ1) is 10.9. The van der Waals surface area contributed by atoms with Crippen LogP contribution in [0.1, 0.15) is 32.3 Å². The Labute approximate surface area is 102 Å². The average Bonchev–Trinajstić information content (AvgIpc) is 3.06. The lowest BCUT2D eigenvalue weighted by atomic mass is 9.98. The molecular weight excluding hydrogens is 214 g/mol. The van der Waals surface area contributed by atoms with E-state index in [1.54, 1.807) is 0 Å². The van der Waals surface area contributed by atoms with Gasteiger partial charge >= 0.3 is 0 Å². The van der Waals surface area contributed by atoms with Crippen LogP contribution in [0.25, 0.3) is 0 Å². The Kier molecular flexibility index (Phi) is 2.51. The maximum atomic E-state index is 5.51. The smallest absolute Gasteiger partial charge is 0.231 e. The highest BCUT2D eigenvalue weighted by molar-refractivity contribution is 5.48. The van der Waals surface area contributed by atoms with Crippen molar-refractivity contribution < 1.29 is 9.47 Å². The third-order valence-electron chi connectivity index (χ3n) is 3.81. The van der Waals surface area contributed by atoms with E-state index in [4.69, 9.17) is 9.47 Å². The van der Waals surface area contributed by atoms with Gasteiger partial charge in [-0.1, -0.05) is 12.1 Å². The molecule has 1 aliphatic carbocycles. The van der Waals surface area contributed by atoms with Crippen LogP contribution in [0.3, 0.4) is 0 Å². The van der Waals surface area contributed by atoms with Gasteiger partial charge in [-0.15, -0.1) is 0 Å². The number of nitrogens with one attached hydrogen (secondary N) is 1. The van der Waals surface area contributed by atoms with Crippen LogP contribution < -0.4 is 14.8 Å². The minimum atomic E-state index is 0.224. The SMILES string of the molecule is CC(C)(NCc1cccc2c1OCO2)C1CC1. The molecule has 3 nitrogen and oxygen atoms in total. The van der Waals surface area contributed by atoms with Gasteiger partial charge in [0.15, 0.2) is 11.5 Å². The number of benzene rings is 1. The molecule has 0 spiro atoms. The monoisotopic (exact) mass is 233 g/mol. The second-order valence-electron chi connectivity index (χ2n) is 5.50. The first-order valence-corrected chi connectivity index (χ1v) is 6.29. The van der Waals surface area contributed by atoms with Crippen LogP contribution >= 0.6 is 0 Å². The summed E-state index contributed by atoms with van der Waals surface area (Å²) in [5.41, 5.74) is 1.41. The zero-order valence-corrected chi connectivity index (χ0v) is 10.5. The molecule has 1 aromatic carbocycles. The molecule has 1 aliphatic heterocycles. The molecule has 17 heavy (non-hydrogen) atoms. The maximum Gasteiger partial charge on any atom is 0.231 e. The summed E-state index contributed by atoms with van der Waals surface area (Å²) in [6, 6.07) is 6.08. The highest BCUT2D eigenvalue weighted by atomic mass is 16.7. The molecule has 1 heterocycles. The molecule has 0 atom stereocenters. The van der Waals surface area contributed by atoms with Gasteiger partial charge in [0.05, 0.1) is 0 Å². The topological polar surface area (TPSA) is 30.5 Å². The Morgan fingerprint density at radius 1 is 1.29 bits per heavy atom. The molecule has 1 fully saturated rings. The summed E-state index contributed by atoms with van der Waals surface area (Å²) >= 11 is 0. The second kappa shape index (κ2) is 3.91. The quantitative estimate of drug-likeness (QED) is 0.867. The molecule has 3 rings (SSSR count). The van der Waals surface area contributed by atoms with Gasteiger partial charge in [-0.05, 0) is 38.7 Å². The van der Waals surface area contributed by atoms with Gasteiger partial charge in [-0.25, -0.2) is 0 Å². The highest BCUT2D eigenvalue weighted by Gasteiger charge is 2.37. The van der Waals surface area contributed by atoms with Crippen LogP contribution in [0, 0.1) is 5.92 Å². The largest absolute Gasteiger partial charge is 0.454 e. The van der Waals surface area contributed by atoms with E-state index in [1.165, 1.54) is 18.4 Å². The second-order valence-corrected chi connectivity index (χ2v) is 5.50. The number of ether oxygens (including phenoxy) is 2. The van der Waals surface area contributed by atoms with E-state index in [1.807, 2.05) is 12.1 Å². The van der Waals surface area contributed by atoms with Gasteiger partial charge in [0.25, 0.3) is 0 Å². The van der Waals surface area contributed by atoms with Crippen LogP contribution in [-0.4, -0.2) is 12.3 Å². The first-order valence-electron chi connectivity index (χ1n) is 6.29. The summed E-state index contributed by atoms with van der Waals surface area (Å²) in [7, 11) is 0. The van der Waals surface area contributed by atoms with Gasteiger partial charge in [-0.2, -0.15) is 0 Å². The van der Waals surface area contributed by atoms with Gasteiger partial charge in [0.1, 0.15) is 0 Å². The van der Waals surface area contributed by atoms with Gasteiger partial charge in [0, 0.05) is 17.6 Å². The van der Waals surface area contributed by atoms with Crippen LogP contribution in [0.5, 0.6) is 11.5 Å². The van der Waals surface area contributed by atoms with Crippen LogP contribution in [-0.2, 0) is 6.54 Å². The van der Waals surface area contributed by atoms with Crippen molar-refractivity contribution in [3.63, 3.8) is 0 Å². The Morgan fingerprint density at radius 3 is 2.88 bits per heavy atom. The summed E-state index contributed by atoms with van der Waals surface area (Å²) in [6.45, 7) is 5.75. The zero-order chi connectivity index (χ0) is 11.9. The number of hydrogen-bond donors (Lipinski definition) is 1. The third-order valence-corrected chi connectivity index (χ3v) is 3.81. The Morgan fingerprint density at radius 2 is 2.12 bits per heavy atom. The predicted octanol–water partition coefficient (Wildman–Crippen LogP) is 2.69. The van der Waals surface area contributed by atoms with E-state index >= 15 is 0 Å². The summed E-state index contributed by atoms with van der Waals surface area (Å²) in [6.07, 6.45) is 2.71. The van der Waals surface area contributed by atoms with E-state index in [0.717, 1.165) is 24.0 Å². The zero-order valence-electron chi connectivity index (χ0n) is 10.5. The first-order chi connectivity index (χ1) is 8.17. The van der Waals surface area contributed by atoms with E-state index in [2.05, 4.69) is 25.2 Å². The predicted molar refractivity (Wildman–Crippen MR) is 66.2 cm³/mol. The average molecular weight is 233 g/mol. The molecule has 0 bridgehead atoms. The number of para-hydroxylation sites is 1. The van der Waals surface area contributed by atoms with E-state index in [9.17, 15) is 0 Å². The Bertz CT molecular complexity index is 424. The van der Waals surface area contributed by atoms with Gasteiger partial charge in [0.2, 0.25) is 6.79 Å². The van der Waals surface area contributed by atoms with Crippen molar-refractivity contribution in [3.8, 4) is 11.5 Å². The molecule has 92 valence electrons. The molecule has 0 radical (unpaired) electrons. The molecular formula is C14H19NO2. The molecule has 0 unspecified atom stereocenters. The Hall–Kier alpha value is -1.22. The van der Waals surface area contributed by atoms with Crippen LogP contribution in [0.2, 0.25) is 0 Å². The maximum absolute atomic E-state index is 5.51. The van der Waals surface area contributed by atoms with Gasteiger partial charge < -0.3 is 14.8 Å². The summed E-state index contributed by atoms with van der Waals surface area (Å²) in [5.74, 6) is 2.61. The molecule has 1 aromatic rings. The van der Waals surface area contributed by atoms with Crippen LogP contribution in [0.4, 0.5) is 0 Å². The van der Waals surface area contributed by atoms with Crippen molar-refractivity contribution in [1.82, 2.24) is 5.32 Å². The van der Waals surface area contributed by atoms with E-state index in [-0.39, 0.29) is 5.54 Å². The molecule has 0 aromatic heterocycles. The fraction of sp³-hybridized carbons (Fsp3) is 0.571. The molecule has 1 N–H and O–H groups in total. The summed E-state index contributed by atoms with van der Waals surface area (Å²) in [4.78, 5) is 0. The minimum Gasteiger partial charge on any atom is -0.454 e. The highest BCUT2D eigenvalue weighted by Crippen LogP contribution is 2.40. The van der Waals surface area contributed by atoms with Crippen molar-refractivity contribution >= 4 is 0 Å². The summed E-state index contributed by atoms with van der Waals surface area (Å²) < 4.78 is 10.9. The van der Waals surface area contributed by atoms with Gasteiger partial charge in [-0.3, -0.25) is 0 Å².